The van der Waals surface area contributed by atoms with Gasteiger partial charge < -0.3 is 14.2 Å². The molecule has 0 aromatic rings. The van der Waals surface area contributed by atoms with Crippen LogP contribution >= 0.6 is 0 Å². The van der Waals surface area contributed by atoms with E-state index in [0.29, 0.717) is 12.6 Å². The summed E-state index contributed by atoms with van der Waals surface area (Å²) in [6.07, 6.45) is 3.81. The number of hydrogen-bond acceptors (Lipinski definition) is 4. The third-order valence-electron chi connectivity index (χ3n) is 3.62. The molecule has 3 saturated heterocycles. The van der Waals surface area contributed by atoms with Gasteiger partial charge in [0.15, 0.2) is 6.29 Å². The second-order valence-electron chi connectivity index (χ2n) is 4.61. The number of hydrogen-bond donors (Lipinski definition) is 0. The van der Waals surface area contributed by atoms with Gasteiger partial charge in [0, 0.05) is 6.04 Å². The Balaban J connectivity index is 1.59. The number of nitrogens with zero attached hydrogens (tertiary/aromatic N) is 1. The van der Waals surface area contributed by atoms with Crippen LogP contribution < -0.4 is 0 Å². The summed E-state index contributed by atoms with van der Waals surface area (Å²) >= 11 is 0. The third-order valence-corrected chi connectivity index (χ3v) is 3.62. The summed E-state index contributed by atoms with van der Waals surface area (Å²) < 4.78 is 16.9. The van der Waals surface area contributed by atoms with Crippen molar-refractivity contribution < 1.29 is 14.2 Å². The smallest absolute Gasteiger partial charge is 0.183 e. The number of rotatable bonds is 1. The minimum atomic E-state index is -0.0994. The first-order chi connectivity index (χ1) is 7.43. The molecule has 86 valence electrons. The quantitative estimate of drug-likeness (QED) is 0.638. The van der Waals surface area contributed by atoms with Gasteiger partial charge in [-0.05, 0) is 32.4 Å². The Morgan fingerprint density at radius 1 is 0.933 bits per heavy atom. The monoisotopic (exact) mass is 213 g/mol. The Labute approximate surface area is 90.5 Å². The Bertz CT molecular complexity index is 218. The predicted molar refractivity (Wildman–Crippen MR) is 54.6 cm³/mol. The van der Waals surface area contributed by atoms with Gasteiger partial charge >= 0.3 is 0 Å². The molecule has 0 spiro atoms. The summed E-state index contributed by atoms with van der Waals surface area (Å²) in [4.78, 5) is 2.54. The minimum absolute atomic E-state index is 0.0994. The van der Waals surface area contributed by atoms with E-state index < -0.39 is 0 Å². The molecule has 3 aliphatic rings. The van der Waals surface area contributed by atoms with Crippen LogP contribution in [0.3, 0.4) is 0 Å². The standard InChI is InChI=1S/C11H19NO3/c1-2-4-12(3-1)9-7-10-11(15-8-9)14-6-5-13-10/h9-11H,1-8H2/t9-,10+,11-/m1/s1. The lowest BCUT2D eigenvalue weighted by Gasteiger charge is -2.41. The van der Waals surface area contributed by atoms with E-state index in [2.05, 4.69) is 4.90 Å². The second kappa shape index (κ2) is 4.37. The zero-order valence-corrected chi connectivity index (χ0v) is 9.06. The zero-order valence-electron chi connectivity index (χ0n) is 9.06. The first-order valence-corrected chi connectivity index (χ1v) is 6.02. The van der Waals surface area contributed by atoms with Crippen molar-refractivity contribution in [3.8, 4) is 0 Å². The van der Waals surface area contributed by atoms with Crippen molar-refractivity contribution in [2.75, 3.05) is 32.9 Å². The summed E-state index contributed by atoms with van der Waals surface area (Å²) in [7, 11) is 0. The lowest BCUT2D eigenvalue weighted by molar-refractivity contribution is -0.275. The van der Waals surface area contributed by atoms with E-state index in [4.69, 9.17) is 14.2 Å². The highest BCUT2D eigenvalue weighted by Gasteiger charge is 2.37. The minimum Gasteiger partial charge on any atom is -0.370 e. The van der Waals surface area contributed by atoms with E-state index >= 15 is 0 Å². The van der Waals surface area contributed by atoms with E-state index in [0.717, 1.165) is 19.6 Å². The van der Waals surface area contributed by atoms with Crippen molar-refractivity contribution in [2.24, 2.45) is 0 Å². The fourth-order valence-electron chi connectivity index (χ4n) is 2.79. The number of likely N-dealkylation sites (tertiary alicyclic amines) is 1. The molecule has 0 aliphatic carbocycles. The summed E-state index contributed by atoms with van der Waals surface area (Å²) in [6, 6.07) is 0.551. The largest absolute Gasteiger partial charge is 0.370 e. The maximum Gasteiger partial charge on any atom is 0.183 e. The molecule has 0 bridgehead atoms. The molecule has 3 rings (SSSR count). The molecule has 4 heteroatoms. The van der Waals surface area contributed by atoms with Gasteiger partial charge in [-0.15, -0.1) is 0 Å². The molecule has 3 fully saturated rings. The fraction of sp³-hybridized carbons (Fsp3) is 1.00. The van der Waals surface area contributed by atoms with Crippen LogP contribution in [0.1, 0.15) is 19.3 Å². The Morgan fingerprint density at radius 3 is 2.60 bits per heavy atom. The molecular formula is C11H19NO3. The van der Waals surface area contributed by atoms with E-state index in [1.165, 1.54) is 25.9 Å². The highest BCUT2D eigenvalue weighted by molar-refractivity contribution is 4.85. The van der Waals surface area contributed by atoms with Gasteiger partial charge in [-0.25, -0.2) is 0 Å². The zero-order chi connectivity index (χ0) is 10.1. The average molecular weight is 213 g/mol. The van der Waals surface area contributed by atoms with Gasteiger partial charge in [0.25, 0.3) is 0 Å². The Kier molecular flexibility index (Phi) is 2.92. The van der Waals surface area contributed by atoms with Crippen LogP contribution in [0, 0.1) is 0 Å². The van der Waals surface area contributed by atoms with Gasteiger partial charge in [0.05, 0.1) is 19.8 Å². The molecule has 3 heterocycles. The lowest BCUT2D eigenvalue weighted by atomic mass is 10.0. The van der Waals surface area contributed by atoms with Gasteiger partial charge in [-0.1, -0.05) is 0 Å². The molecule has 3 aliphatic heterocycles. The molecular weight excluding hydrogens is 194 g/mol. The number of fused-ring (bicyclic) bond motifs is 1. The summed E-state index contributed by atoms with van der Waals surface area (Å²) in [6.45, 7) is 4.66. The Morgan fingerprint density at radius 2 is 1.73 bits per heavy atom. The highest BCUT2D eigenvalue weighted by atomic mass is 16.7. The van der Waals surface area contributed by atoms with Crippen molar-refractivity contribution >= 4 is 0 Å². The van der Waals surface area contributed by atoms with Crippen LogP contribution in [0.25, 0.3) is 0 Å². The fourth-order valence-corrected chi connectivity index (χ4v) is 2.79. The van der Waals surface area contributed by atoms with Crippen LogP contribution in [0.2, 0.25) is 0 Å². The van der Waals surface area contributed by atoms with E-state index in [1.807, 2.05) is 0 Å². The maximum absolute atomic E-state index is 5.72. The van der Waals surface area contributed by atoms with E-state index in [1.54, 1.807) is 0 Å². The molecule has 0 aromatic carbocycles. The van der Waals surface area contributed by atoms with Gasteiger partial charge in [-0.3, -0.25) is 4.90 Å². The molecule has 0 amide bonds. The molecule has 0 unspecified atom stereocenters. The van der Waals surface area contributed by atoms with Crippen LogP contribution in [-0.4, -0.2) is 56.2 Å². The first kappa shape index (κ1) is 10.0. The van der Waals surface area contributed by atoms with E-state index in [9.17, 15) is 0 Å². The van der Waals surface area contributed by atoms with Crippen molar-refractivity contribution in [2.45, 2.75) is 37.7 Å². The van der Waals surface area contributed by atoms with Crippen molar-refractivity contribution in [1.29, 1.82) is 0 Å². The topological polar surface area (TPSA) is 30.9 Å². The lowest BCUT2D eigenvalue weighted by Crippen LogP contribution is -2.52. The molecule has 3 atom stereocenters. The normalized spacial score (nSPS) is 42.8. The molecule has 0 saturated carbocycles. The van der Waals surface area contributed by atoms with Crippen molar-refractivity contribution in [3.63, 3.8) is 0 Å². The molecule has 0 radical (unpaired) electrons. The first-order valence-electron chi connectivity index (χ1n) is 6.02. The molecule has 15 heavy (non-hydrogen) atoms. The molecule has 0 aromatic heterocycles. The summed E-state index contributed by atoms with van der Waals surface area (Å²) in [5, 5.41) is 0. The van der Waals surface area contributed by atoms with Crippen molar-refractivity contribution in [1.82, 2.24) is 4.90 Å². The van der Waals surface area contributed by atoms with Crippen LogP contribution in [0.5, 0.6) is 0 Å². The number of ether oxygens (including phenoxy) is 3. The summed E-state index contributed by atoms with van der Waals surface area (Å²) in [5.41, 5.74) is 0. The van der Waals surface area contributed by atoms with Crippen LogP contribution in [0.15, 0.2) is 0 Å². The second-order valence-corrected chi connectivity index (χ2v) is 4.61. The maximum atomic E-state index is 5.72. The average Bonchev–Trinajstić information content (AvgIpc) is 2.82. The van der Waals surface area contributed by atoms with Crippen molar-refractivity contribution in [3.05, 3.63) is 0 Å². The van der Waals surface area contributed by atoms with Gasteiger partial charge in [-0.2, -0.15) is 0 Å². The SMILES string of the molecule is C1CCN([C@H]2CO[C@H]3OCCO[C@H]3C2)C1. The Hall–Kier alpha value is -0.160. The van der Waals surface area contributed by atoms with Gasteiger partial charge in [0.1, 0.15) is 6.10 Å². The van der Waals surface area contributed by atoms with Crippen LogP contribution in [0.4, 0.5) is 0 Å². The summed E-state index contributed by atoms with van der Waals surface area (Å²) in [5.74, 6) is 0. The van der Waals surface area contributed by atoms with Gasteiger partial charge in [0.2, 0.25) is 0 Å². The molecule has 4 nitrogen and oxygen atoms in total. The highest BCUT2D eigenvalue weighted by Crippen LogP contribution is 2.26. The van der Waals surface area contributed by atoms with E-state index in [-0.39, 0.29) is 12.4 Å². The predicted octanol–water partition coefficient (Wildman–Crippen LogP) is 0.613. The van der Waals surface area contributed by atoms with Crippen LogP contribution in [-0.2, 0) is 14.2 Å². The third kappa shape index (κ3) is 2.04. The molecule has 0 N–H and O–H groups in total.